The lowest BCUT2D eigenvalue weighted by molar-refractivity contribution is 0.0607. The number of hydrogen-bond donors (Lipinski definition) is 1. The van der Waals surface area contributed by atoms with Gasteiger partial charge < -0.3 is 14.5 Å². The largest absolute Gasteiger partial charge is 0.465 e. The molecule has 9 heteroatoms. The highest BCUT2D eigenvalue weighted by molar-refractivity contribution is 7.21. The number of ketones is 1. The number of nitrogens with zero attached hydrogens (tertiary/aromatic N) is 3. The molecule has 25 heavy (non-hydrogen) atoms. The lowest BCUT2D eigenvalue weighted by Gasteiger charge is -2.03. The summed E-state index contributed by atoms with van der Waals surface area (Å²) in [6.07, 6.45) is 5.52. The Morgan fingerprint density at radius 1 is 1.40 bits per heavy atom. The van der Waals surface area contributed by atoms with Crippen LogP contribution in [0.3, 0.4) is 0 Å². The van der Waals surface area contributed by atoms with Gasteiger partial charge in [0.2, 0.25) is 5.78 Å². The average Bonchev–Trinajstić information content (AvgIpc) is 3.29. The summed E-state index contributed by atoms with van der Waals surface area (Å²) in [7, 11) is 1.26. The molecule has 0 saturated heterocycles. The standard InChI is InChI=1S/C16H10N4O4S/c1-23-16(22)14-11(12-15(25-14)19-5-4-18-12)20-8-9(7-17)13(21)10-3-2-6-24-10/h2-6,8,20H,1H3. The predicted octanol–water partition coefficient (Wildman–Crippen LogP) is 2.77. The highest BCUT2D eigenvalue weighted by atomic mass is 32.1. The summed E-state index contributed by atoms with van der Waals surface area (Å²) in [6.45, 7) is 0. The first kappa shape index (κ1) is 16.4. The summed E-state index contributed by atoms with van der Waals surface area (Å²) >= 11 is 1.10. The zero-order chi connectivity index (χ0) is 17.8. The minimum absolute atomic E-state index is 0.0396. The molecule has 0 aliphatic heterocycles. The van der Waals surface area contributed by atoms with Gasteiger partial charge in [-0.25, -0.2) is 14.8 Å². The summed E-state index contributed by atoms with van der Waals surface area (Å²) in [4.78, 5) is 33.2. The van der Waals surface area contributed by atoms with Crippen LogP contribution in [0.1, 0.15) is 20.2 Å². The Labute approximate surface area is 145 Å². The van der Waals surface area contributed by atoms with Gasteiger partial charge in [0.25, 0.3) is 0 Å². The fourth-order valence-corrected chi connectivity index (χ4v) is 3.01. The Bertz CT molecular complexity index is 1010. The van der Waals surface area contributed by atoms with E-state index in [4.69, 9.17) is 9.15 Å². The summed E-state index contributed by atoms with van der Waals surface area (Å²) in [5.41, 5.74) is 0.570. The lowest BCUT2D eigenvalue weighted by atomic mass is 10.1. The normalized spacial score (nSPS) is 11.1. The zero-order valence-corrected chi connectivity index (χ0v) is 13.7. The Hall–Kier alpha value is -3.51. The van der Waals surface area contributed by atoms with Crippen molar-refractivity contribution in [1.82, 2.24) is 9.97 Å². The number of nitriles is 1. The number of methoxy groups -OCH3 is 1. The van der Waals surface area contributed by atoms with Gasteiger partial charge in [-0.05, 0) is 12.1 Å². The number of carbonyl (C=O) groups excluding carboxylic acids is 2. The number of Topliss-reactive ketones (excluding diaryl/α,β-unsaturated/α-hetero) is 1. The maximum atomic E-state index is 12.2. The van der Waals surface area contributed by atoms with Gasteiger partial charge in [0.1, 0.15) is 26.9 Å². The number of nitrogens with one attached hydrogen (secondary N) is 1. The average molecular weight is 354 g/mol. The van der Waals surface area contributed by atoms with Gasteiger partial charge in [-0.3, -0.25) is 4.79 Å². The zero-order valence-electron chi connectivity index (χ0n) is 12.8. The van der Waals surface area contributed by atoms with Crippen molar-refractivity contribution < 1.29 is 18.7 Å². The van der Waals surface area contributed by atoms with Crippen LogP contribution in [-0.4, -0.2) is 28.8 Å². The summed E-state index contributed by atoms with van der Waals surface area (Å²) < 4.78 is 9.76. The van der Waals surface area contributed by atoms with Crippen molar-refractivity contribution >= 4 is 39.1 Å². The minimum Gasteiger partial charge on any atom is -0.465 e. The monoisotopic (exact) mass is 354 g/mol. The molecule has 0 unspecified atom stereocenters. The van der Waals surface area contributed by atoms with Gasteiger partial charge in [-0.1, -0.05) is 0 Å². The number of anilines is 1. The smallest absolute Gasteiger partial charge is 0.350 e. The van der Waals surface area contributed by atoms with Crippen LogP contribution >= 0.6 is 11.3 Å². The van der Waals surface area contributed by atoms with Gasteiger partial charge in [-0.15, -0.1) is 11.3 Å². The van der Waals surface area contributed by atoms with E-state index in [0.717, 1.165) is 11.3 Å². The number of carbonyl (C=O) groups is 2. The minimum atomic E-state index is -0.578. The van der Waals surface area contributed by atoms with Crippen molar-refractivity contribution in [2.75, 3.05) is 12.4 Å². The molecule has 0 atom stereocenters. The van der Waals surface area contributed by atoms with Crippen molar-refractivity contribution in [3.8, 4) is 6.07 Å². The second kappa shape index (κ2) is 6.94. The van der Waals surface area contributed by atoms with E-state index in [-0.39, 0.29) is 16.2 Å². The van der Waals surface area contributed by atoms with Gasteiger partial charge in [0.15, 0.2) is 5.76 Å². The number of hydrogen-bond acceptors (Lipinski definition) is 9. The molecule has 3 aromatic heterocycles. The van der Waals surface area contributed by atoms with Crippen molar-refractivity contribution in [1.29, 1.82) is 5.26 Å². The number of rotatable bonds is 5. The summed E-state index contributed by atoms with van der Waals surface area (Å²) in [5, 5.41) is 12.0. The molecule has 3 rings (SSSR count). The van der Waals surface area contributed by atoms with Crippen molar-refractivity contribution in [3.63, 3.8) is 0 Å². The molecule has 3 heterocycles. The van der Waals surface area contributed by atoms with E-state index in [1.165, 1.54) is 38.0 Å². The predicted molar refractivity (Wildman–Crippen MR) is 89.1 cm³/mol. The van der Waals surface area contributed by atoms with Crippen LogP contribution in [-0.2, 0) is 4.74 Å². The Balaban J connectivity index is 2.00. The molecule has 3 aromatic rings. The third kappa shape index (κ3) is 3.11. The molecule has 0 aliphatic carbocycles. The molecule has 0 aromatic carbocycles. The molecule has 0 saturated carbocycles. The summed E-state index contributed by atoms with van der Waals surface area (Å²) in [5.74, 6) is -1.11. The van der Waals surface area contributed by atoms with Crippen LogP contribution in [0.25, 0.3) is 10.3 Å². The molecular formula is C16H10N4O4S. The maximum absolute atomic E-state index is 12.2. The van der Waals surface area contributed by atoms with E-state index in [9.17, 15) is 14.9 Å². The van der Waals surface area contributed by atoms with Crippen LogP contribution in [0.5, 0.6) is 0 Å². The highest BCUT2D eigenvalue weighted by Crippen LogP contribution is 2.33. The molecule has 8 nitrogen and oxygen atoms in total. The van der Waals surface area contributed by atoms with Gasteiger partial charge >= 0.3 is 5.97 Å². The molecule has 124 valence electrons. The van der Waals surface area contributed by atoms with Gasteiger partial charge in [-0.2, -0.15) is 5.26 Å². The van der Waals surface area contributed by atoms with Crippen molar-refractivity contribution in [2.45, 2.75) is 0 Å². The molecule has 1 N–H and O–H groups in total. The third-order valence-electron chi connectivity index (χ3n) is 3.17. The van der Waals surface area contributed by atoms with E-state index in [2.05, 4.69) is 15.3 Å². The second-order valence-corrected chi connectivity index (χ2v) is 5.63. The number of fused-ring (bicyclic) bond motifs is 1. The van der Waals surface area contributed by atoms with Crippen LogP contribution in [0.15, 0.2) is 47.0 Å². The first-order valence-electron chi connectivity index (χ1n) is 6.92. The van der Waals surface area contributed by atoms with E-state index >= 15 is 0 Å². The highest BCUT2D eigenvalue weighted by Gasteiger charge is 2.21. The third-order valence-corrected chi connectivity index (χ3v) is 4.24. The maximum Gasteiger partial charge on any atom is 0.350 e. The molecule has 0 aliphatic rings. The van der Waals surface area contributed by atoms with Crippen molar-refractivity contribution in [2.24, 2.45) is 0 Å². The Morgan fingerprint density at radius 3 is 2.88 bits per heavy atom. The van der Waals surface area contributed by atoms with E-state index in [1.54, 1.807) is 12.1 Å². The van der Waals surface area contributed by atoms with E-state index in [1.807, 2.05) is 0 Å². The number of allylic oxidation sites excluding steroid dienone is 1. The molecule has 0 amide bonds. The fourth-order valence-electron chi connectivity index (χ4n) is 2.03. The Kier molecular flexibility index (Phi) is 4.54. The van der Waals surface area contributed by atoms with Gasteiger partial charge in [0.05, 0.1) is 19.1 Å². The molecular weight excluding hydrogens is 344 g/mol. The van der Waals surface area contributed by atoms with Crippen LogP contribution in [0, 0.1) is 11.3 Å². The number of furan rings is 1. The fraction of sp³-hybridized carbons (Fsp3) is 0.0625. The first-order chi connectivity index (χ1) is 12.2. The van der Waals surface area contributed by atoms with E-state index < -0.39 is 11.8 Å². The molecule has 0 fully saturated rings. The quantitative estimate of drug-likeness (QED) is 0.321. The number of aromatic nitrogens is 2. The SMILES string of the molecule is COC(=O)c1sc2nccnc2c1NC=C(C#N)C(=O)c1ccco1. The van der Waals surface area contributed by atoms with Crippen LogP contribution < -0.4 is 5.32 Å². The van der Waals surface area contributed by atoms with Crippen LogP contribution in [0.4, 0.5) is 5.69 Å². The Morgan fingerprint density at radius 2 is 2.20 bits per heavy atom. The second-order valence-electron chi connectivity index (χ2n) is 4.63. The number of esters is 1. The topological polar surface area (TPSA) is 118 Å². The molecule has 0 radical (unpaired) electrons. The lowest BCUT2D eigenvalue weighted by Crippen LogP contribution is -2.05. The van der Waals surface area contributed by atoms with E-state index in [0.29, 0.717) is 16.0 Å². The molecule has 0 bridgehead atoms. The van der Waals surface area contributed by atoms with Crippen molar-refractivity contribution in [3.05, 3.63) is 53.2 Å². The summed E-state index contributed by atoms with van der Waals surface area (Å²) in [6, 6.07) is 4.81. The molecule has 0 spiro atoms. The van der Waals surface area contributed by atoms with Gasteiger partial charge in [0, 0.05) is 18.6 Å². The number of thiophene rings is 1. The first-order valence-corrected chi connectivity index (χ1v) is 7.74. The van der Waals surface area contributed by atoms with Crippen LogP contribution in [0.2, 0.25) is 0 Å². The number of ether oxygens (including phenoxy) is 1.